The van der Waals surface area contributed by atoms with Gasteiger partial charge in [0, 0.05) is 24.5 Å². The van der Waals surface area contributed by atoms with Crippen LogP contribution in [0.1, 0.15) is 47.2 Å². The smallest absolute Gasteiger partial charge is 0.253 e. The van der Waals surface area contributed by atoms with Crippen molar-refractivity contribution in [2.75, 3.05) is 9.80 Å². The van der Waals surface area contributed by atoms with Gasteiger partial charge in [-0.05, 0) is 74.2 Å². The monoisotopic (exact) mass is 766 g/mol. The number of rotatable bonds is 14. The minimum Gasteiger partial charge on any atom is -0.350 e. The molecule has 58 heavy (non-hydrogen) atoms. The predicted octanol–water partition coefficient (Wildman–Crippen LogP) is 8.64. The van der Waals surface area contributed by atoms with Crippen LogP contribution in [0.15, 0.2) is 179 Å². The zero-order valence-corrected chi connectivity index (χ0v) is 33.1. The molecule has 0 aliphatic heterocycles. The summed E-state index contributed by atoms with van der Waals surface area (Å²) in [6, 6.07) is 52.7. The number of hydrogen-bond acceptors (Lipinski definition) is 6. The molecular formula is C50H46N4O4. The number of nitrogens with one attached hydrogen (secondary N) is 2. The van der Waals surface area contributed by atoms with E-state index in [4.69, 9.17) is 0 Å². The van der Waals surface area contributed by atoms with E-state index in [-0.39, 0.29) is 24.5 Å². The summed E-state index contributed by atoms with van der Waals surface area (Å²) in [4.78, 5) is 62.5. The van der Waals surface area contributed by atoms with Gasteiger partial charge < -0.3 is 20.4 Å². The van der Waals surface area contributed by atoms with Crippen molar-refractivity contribution in [1.29, 1.82) is 0 Å². The fraction of sp³-hybridized carbons (Fsp3) is 0.160. The minimum atomic E-state index is -1.58. The van der Waals surface area contributed by atoms with E-state index >= 15 is 9.59 Å². The van der Waals surface area contributed by atoms with Crippen LogP contribution in [-0.4, -0.2) is 11.8 Å². The lowest BCUT2D eigenvalue weighted by Gasteiger charge is -2.47. The van der Waals surface area contributed by atoms with E-state index in [9.17, 15) is 9.59 Å². The van der Waals surface area contributed by atoms with Gasteiger partial charge in [-0.1, -0.05) is 157 Å². The average molecular weight is 767 g/mol. The number of anilines is 4. The molecule has 0 fully saturated rings. The summed E-state index contributed by atoms with van der Waals surface area (Å²) in [5.41, 5.74) is 1.22. The Bertz CT molecular complexity index is 2390. The number of benzene rings is 6. The first-order valence-corrected chi connectivity index (χ1v) is 19.4. The first-order chi connectivity index (χ1) is 28.0. The number of carbonyl (C=O) groups excluding carboxylic acids is 2. The first-order valence-electron chi connectivity index (χ1n) is 19.4. The van der Waals surface area contributed by atoms with Crippen molar-refractivity contribution in [3.05, 3.63) is 224 Å². The summed E-state index contributed by atoms with van der Waals surface area (Å²) < 4.78 is 0. The number of amides is 2. The van der Waals surface area contributed by atoms with Crippen LogP contribution < -0.4 is 31.3 Å². The Morgan fingerprint density at radius 3 is 1.05 bits per heavy atom. The molecule has 2 atom stereocenters. The van der Waals surface area contributed by atoms with Crippen molar-refractivity contribution in [2.45, 2.75) is 51.9 Å². The highest BCUT2D eigenvalue weighted by Crippen LogP contribution is 2.48. The lowest BCUT2D eigenvalue weighted by atomic mass is 9.84. The Kier molecular flexibility index (Phi) is 11.2. The molecule has 0 heterocycles. The molecule has 0 aromatic heterocycles. The molecule has 0 spiro atoms. The lowest BCUT2D eigenvalue weighted by Crippen LogP contribution is -2.60. The molecule has 2 amide bonds. The number of aryl methyl sites for hydroxylation is 2. The Labute approximate surface area is 339 Å². The molecule has 0 aliphatic carbocycles. The lowest BCUT2D eigenvalue weighted by molar-refractivity contribution is -0.127. The van der Waals surface area contributed by atoms with Crippen molar-refractivity contribution >= 4 is 34.6 Å². The zero-order valence-electron chi connectivity index (χ0n) is 33.1. The van der Waals surface area contributed by atoms with Gasteiger partial charge in [0.15, 0.2) is 0 Å². The molecule has 0 saturated carbocycles. The van der Waals surface area contributed by atoms with Crippen LogP contribution >= 0.6 is 0 Å². The van der Waals surface area contributed by atoms with Gasteiger partial charge in [-0.3, -0.25) is 19.2 Å². The van der Waals surface area contributed by atoms with Crippen LogP contribution in [0.3, 0.4) is 0 Å². The molecule has 7 aromatic carbocycles. The maximum absolute atomic E-state index is 15.0. The Hall–Kier alpha value is -7.06. The molecule has 290 valence electrons. The predicted molar refractivity (Wildman–Crippen MR) is 232 cm³/mol. The van der Waals surface area contributed by atoms with Gasteiger partial charge in [0.1, 0.15) is 22.5 Å². The third-order valence-corrected chi connectivity index (χ3v) is 10.9. The quantitative estimate of drug-likeness (QED) is 0.108. The van der Waals surface area contributed by atoms with Crippen LogP contribution in [0, 0.1) is 13.8 Å². The van der Waals surface area contributed by atoms with E-state index < -0.39 is 33.7 Å². The maximum Gasteiger partial charge on any atom is 0.253 e. The first kappa shape index (κ1) is 39.2. The zero-order chi connectivity index (χ0) is 40.9. The third-order valence-electron chi connectivity index (χ3n) is 10.9. The highest BCUT2D eigenvalue weighted by atomic mass is 16.2. The highest BCUT2D eigenvalue weighted by molar-refractivity contribution is 6.00. The van der Waals surface area contributed by atoms with Gasteiger partial charge >= 0.3 is 0 Å². The third kappa shape index (κ3) is 7.44. The van der Waals surface area contributed by atoms with Gasteiger partial charge in [0.25, 0.3) is 22.7 Å². The van der Waals surface area contributed by atoms with Gasteiger partial charge in [0.2, 0.25) is 0 Å². The molecule has 2 N–H and O–H groups in total. The largest absolute Gasteiger partial charge is 0.350 e. The van der Waals surface area contributed by atoms with Crippen LogP contribution in [0.5, 0.6) is 0 Å². The molecule has 7 rings (SSSR count). The Morgan fingerprint density at radius 2 is 0.741 bits per heavy atom. The summed E-state index contributed by atoms with van der Waals surface area (Å²) in [7, 11) is 0. The van der Waals surface area contributed by atoms with Crippen molar-refractivity contribution in [3.63, 3.8) is 0 Å². The fourth-order valence-corrected chi connectivity index (χ4v) is 7.54. The molecule has 0 bridgehead atoms. The summed E-state index contributed by atoms with van der Waals surface area (Å²) >= 11 is 0. The van der Waals surface area contributed by atoms with E-state index in [1.165, 1.54) is 0 Å². The second kappa shape index (κ2) is 16.6. The van der Waals surface area contributed by atoms with E-state index in [0.717, 1.165) is 22.3 Å². The standard InChI is InChI=1S/C50H46N4O4/c1-35-25-29-41(30-26-35)53(49(3,39-21-13-7-14-22-39)47(57)51-33-37-17-9-5-10-18-37)43-44(46(56)45(43)55)54(42-31-27-36(2)28-32-42)50(4,40-23-15-8-16-24-40)48(58)52-34-38-19-11-6-12-20-38/h5-32H,33-34H2,1-4H3,(H,51,57)(H,52,58). The van der Waals surface area contributed by atoms with Crippen molar-refractivity contribution in [2.24, 2.45) is 0 Å². The van der Waals surface area contributed by atoms with Crippen LogP contribution in [0.4, 0.5) is 22.7 Å². The highest BCUT2D eigenvalue weighted by Gasteiger charge is 2.51. The van der Waals surface area contributed by atoms with Gasteiger partial charge in [-0.25, -0.2) is 0 Å². The SMILES string of the molecule is Cc1ccc(N(c2c(N(c3ccc(C)cc3)C(C)(C(=O)NCc3ccccc3)c3ccccc3)c(=O)c2=O)C(C)(C(=O)NCc2ccccc2)c2ccccc2)cc1. The summed E-state index contributed by atoms with van der Waals surface area (Å²) in [5.74, 6) is -0.786. The van der Waals surface area contributed by atoms with Crippen molar-refractivity contribution in [3.8, 4) is 0 Å². The molecule has 7 aromatic rings. The van der Waals surface area contributed by atoms with Crippen LogP contribution in [0.25, 0.3) is 0 Å². The van der Waals surface area contributed by atoms with Crippen LogP contribution in [-0.2, 0) is 33.8 Å². The summed E-state index contributed by atoms with van der Waals surface area (Å²) in [6.07, 6.45) is 0. The summed E-state index contributed by atoms with van der Waals surface area (Å²) in [5, 5.41) is 6.28. The van der Waals surface area contributed by atoms with Gasteiger partial charge in [-0.15, -0.1) is 0 Å². The second-order valence-corrected chi connectivity index (χ2v) is 14.9. The van der Waals surface area contributed by atoms with E-state index in [2.05, 4.69) is 10.6 Å². The summed E-state index contributed by atoms with van der Waals surface area (Å²) in [6.45, 7) is 7.90. The normalized spacial score (nSPS) is 13.2. The Balaban J connectivity index is 1.48. The van der Waals surface area contributed by atoms with Crippen molar-refractivity contribution < 1.29 is 9.59 Å². The average Bonchev–Trinajstić information content (AvgIpc) is 3.27. The number of carbonyl (C=O) groups is 2. The van der Waals surface area contributed by atoms with E-state index in [1.54, 1.807) is 23.6 Å². The molecular weight excluding hydrogens is 721 g/mol. The molecule has 0 radical (unpaired) electrons. The van der Waals surface area contributed by atoms with Crippen molar-refractivity contribution in [1.82, 2.24) is 10.6 Å². The van der Waals surface area contributed by atoms with Gasteiger partial charge in [-0.2, -0.15) is 0 Å². The minimum absolute atomic E-state index is 0.00587. The topological polar surface area (TPSA) is 98.8 Å². The van der Waals surface area contributed by atoms with Crippen LogP contribution in [0.2, 0.25) is 0 Å². The number of nitrogens with zero attached hydrogens (tertiary/aromatic N) is 2. The second-order valence-electron chi connectivity index (χ2n) is 14.9. The van der Waals surface area contributed by atoms with E-state index in [1.807, 2.05) is 184 Å². The molecule has 8 nitrogen and oxygen atoms in total. The number of hydrogen-bond donors (Lipinski definition) is 2. The molecule has 8 heteroatoms. The van der Waals surface area contributed by atoms with Gasteiger partial charge in [0.05, 0.1) is 0 Å². The molecule has 0 aliphatic rings. The fourth-order valence-electron chi connectivity index (χ4n) is 7.54. The molecule has 0 saturated heterocycles. The molecule has 2 unspecified atom stereocenters. The Morgan fingerprint density at radius 1 is 0.448 bits per heavy atom. The maximum atomic E-state index is 15.0. The van der Waals surface area contributed by atoms with E-state index in [0.29, 0.717) is 22.5 Å².